The molecule has 0 aliphatic carbocycles. The van der Waals surface area contributed by atoms with E-state index in [1.165, 1.54) is 0 Å². The molecule has 0 radical (unpaired) electrons. The van der Waals surface area contributed by atoms with E-state index in [0.29, 0.717) is 25.2 Å². The maximum absolute atomic E-state index is 12.8. The molecule has 0 unspecified atom stereocenters. The topological polar surface area (TPSA) is 88.6 Å². The summed E-state index contributed by atoms with van der Waals surface area (Å²) < 4.78 is 0. The molecule has 6 nitrogen and oxygen atoms in total. The lowest BCUT2D eigenvalue weighted by molar-refractivity contribution is 0.0751. The summed E-state index contributed by atoms with van der Waals surface area (Å²) in [6.07, 6.45) is 7.74. The molecule has 0 fully saturated rings. The Bertz CT molecular complexity index is 912. The van der Waals surface area contributed by atoms with Gasteiger partial charge in [0.05, 0.1) is 12.5 Å². The molecule has 0 spiro atoms. The van der Waals surface area contributed by atoms with Gasteiger partial charge >= 0.3 is 0 Å². The maximum atomic E-state index is 12.8. The fourth-order valence-electron chi connectivity index (χ4n) is 2.91. The number of carbonyl (C=O) groups excluding carboxylic acids is 1. The highest BCUT2D eigenvalue weighted by Crippen LogP contribution is 2.27. The number of nitriles is 1. The molecule has 0 aromatic carbocycles. The third-order valence-electron chi connectivity index (χ3n) is 4.25. The van der Waals surface area contributed by atoms with Gasteiger partial charge < -0.3 is 14.9 Å². The number of rotatable bonds is 7. The molecule has 1 amide bonds. The molecule has 6 heteroatoms. The number of pyridine rings is 1. The first-order valence-corrected chi connectivity index (χ1v) is 8.51. The Labute approximate surface area is 149 Å². The smallest absolute Gasteiger partial charge is 0.270 e. The van der Waals surface area contributed by atoms with Crippen molar-refractivity contribution in [3.63, 3.8) is 0 Å². The highest BCUT2D eigenvalue weighted by Gasteiger charge is 2.18. The minimum absolute atomic E-state index is 0. The fourth-order valence-corrected chi connectivity index (χ4v) is 2.91. The van der Waals surface area contributed by atoms with Crippen LogP contribution >= 0.6 is 0 Å². The first-order chi connectivity index (χ1) is 12.2. The van der Waals surface area contributed by atoms with Gasteiger partial charge in [-0.05, 0) is 30.2 Å². The molecule has 3 aromatic rings. The predicted octanol–water partition coefficient (Wildman–Crippen LogP) is 4.21. The second kappa shape index (κ2) is 7.67. The van der Waals surface area contributed by atoms with Gasteiger partial charge in [-0.1, -0.05) is 13.3 Å². The van der Waals surface area contributed by atoms with Crippen LogP contribution in [0.3, 0.4) is 0 Å². The zero-order chi connectivity index (χ0) is 17.6. The lowest BCUT2D eigenvalue weighted by atomic mass is 10.1. The molecule has 3 heterocycles. The van der Waals surface area contributed by atoms with Crippen LogP contribution in [0.4, 0.5) is 0 Å². The van der Waals surface area contributed by atoms with Crippen molar-refractivity contribution >= 4 is 16.9 Å². The van der Waals surface area contributed by atoms with Crippen LogP contribution in [-0.2, 0) is 0 Å². The minimum Gasteiger partial charge on any atom is -0.357 e. The predicted molar refractivity (Wildman–Crippen MR) is 101 cm³/mol. The lowest BCUT2D eigenvalue weighted by Crippen LogP contribution is -2.33. The molecule has 0 aliphatic rings. The molecule has 25 heavy (non-hydrogen) atoms. The van der Waals surface area contributed by atoms with Gasteiger partial charge in [0.15, 0.2) is 0 Å². The summed E-state index contributed by atoms with van der Waals surface area (Å²) in [5, 5.41) is 9.84. The number of aromatic amines is 2. The van der Waals surface area contributed by atoms with Gasteiger partial charge in [-0.2, -0.15) is 5.26 Å². The molecule has 0 aliphatic heterocycles. The Kier molecular flexibility index (Phi) is 5.14. The summed E-state index contributed by atoms with van der Waals surface area (Å²) in [6.45, 7) is 3.22. The van der Waals surface area contributed by atoms with E-state index in [0.717, 1.165) is 35.0 Å². The first kappa shape index (κ1) is 16.8. The van der Waals surface area contributed by atoms with Crippen LogP contribution in [0.2, 0.25) is 0 Å². The van der Waals surface area contributed by atoms with Gasteiger partial charge in [0.25, 0.3) is 5.91 Å². The van der Waals surface area contributed by atoms with Gasteiger partial charge in [0.1, 0.15) is 11.3 Å². The van der Waals surface area contributed by atoms with Crippen LogP contribution in [0.5, 0.6) is 0 Å². The fraction of sp³-hybridized carbons (Fsp3) is 0.316. The van der Waals surface area contributed by atoms with Crippen molar-refractivity contribution in [2.24, 2.45) is 0 Å². The number of amides is 1. The summed E-state index contributed by atoms with van der Waals surface area (Å²) >= 11 is 0. The highest BCUT2D eigenvalue weighted by molar-refractivity contribution is 5.97. The van der Waals surface area contributed by atoms with Gasteiger partial charge in [-0.15, -0.1) is 0 Å². The number of carbonyl (C=O) groups is 1. The van der Waals surface area contributed by atoms with Crippen LogP contribution in [0, 0.1) is 11.3 Å². The highest BCUT2D eigenvalue weighted by atomic mass is 16.2. The van der Waals surface area contributed by atoms with Crippen LogP contribution in [-0.4, -0.2) is 38.8 Å². The van der Waals surface area contributed by atoms with E-state index < -0.39 is 0 Å². The number of aromatic nitrogens is 3. The monoisotopic (exact) mass is 339 g/mol. The number of nitrogens with one attached hydrogen (secondary N) is 2. The summed E-state index contributed by atoms with van der Waals surface area (Å²) in [5.74, 6) is -0.0608. The summed E-state index contributed by atoms with van der Waals surface area (Å²) in [6, 6.07) is 7.91. The number of nitrogens with zero attached hydrogens (tertiary/aromatic N) is 3. The molecule has 0 bridgehead atoms. The van der Waals surface area contributed by atoms with Crippen LogP contribution in [0.1, 0.15) is 39.5 Å². The van der Waals surface area contributed by atoms with Gasteiger partial charge in [-0.25, -0.2) is 4.98 Å². The van der Waals surface area contributed by atoms with Crippen LogP contribution in [0.25, 0.3) is 22.2 Å². The molecular weight excluding hydrogens is 314 g/mol. The van der Waals surface area contributed by atoms with E-state index >= 15 is 0 Å². The van der Waals surface area contributed by atoms with Gasteiger partial charge in [-0.3, -0.25) is 4.79 Å². The Morgan fingerprint density at radius 2 is 2.24 bits per heavy atom. The standard InChI is InChI=1S/C19H21N5O.2H2/c1-2-3-10-24(11-4-7-20)19(25)17-12-14(13-23-17)15-5-8-21-18-16(15)6-9-22-18;;/h5-6,8-9,12-13,23H,2-4,10-11H2,1H3,(H,21,22);2*1H. The number of hydrogen-bond donors (Lipinski definition) is 2. The second-order valence-electron chi connectivity index (χ2n) is 5.95. The Balaban J connectivity index is 0.00000182. The molecule has 0 atom stereocenters. The normalized spacial score (nSPS) is 10.7. The largest absolute Gasteiger partial charge is 0.357 e. The van der Waals surface area contributed by atoms with Gasteiger partial charge in [0.2, 0.25) is 0 Å². The molecule has 0 saturated carbocycles. The number of hydrogen-bond acceptors (Lipinski definition) is 3. The van der Waals surface area contributed by atoms with Crippen LogP contribution < -0.4 is 0 Å². The van der Waals surface area contributed by atoms with E-state index in [4.69, 9.17) is 5.26 Å². The van der Waals surface area contributed by atoms with Crippen molar-refractivity contribution in [3.05, 3.63) is 42.5 Å². The molecule has 0 saturated heterocycles. The molecule has 3 aromatic heterocycles. The van der Waals surface area contributed by atoms with Crippen molar-refractivity contribution in [2.75, 3.05) is 13.1 Å². The SMILES string of the molecule is CCCCN(CCC#N)C(=O)c1cc(-c2ccnc3[nH]ccc23)c[nH]1.[HH].[HH]. The van der Waals surface area contributed by atoms with Crippen molar-refractivity contribution in [1.29, 1.82) is 5.26 Å². The van der Waals surface area contributed by atoms with E-state index in [2.05, 4.69) is 27.9 Å². The van der Waals surface area contributed by atoms with Crippen LogP contribution in [0.15, 0.2) is 36.8 Å². The third kappa shape index (κ3) is 3.56. The van der Waals surface area contributed by atoms with E-state index in [9.17, 15) is 4.79 Å². The molecule has 132 valence electrons. The molecule has 3 rings (SSSR count). The average molecular weight is 339 g/mol. The van der Waals surface area contributed by atoms with E-state index in [1.807, 2.05) is 30.6 Å². The number of unbranched alkanes of at least 4 members (excludes halogenated alkanes) is 1. The van der Waals surface area contributed by atoms with E-state index in [1.54, 1.807) is 11.1 Å². The third-order valence-corrected chi connectivity index (χ3v) is 4.25. The Morgan fingerprint density at radius 3 is 3.04 bits per heavy atom. The molecular formula is C19H25N5O. The van der Waals surface area contributed by atoms with E-state index in [-0.39, 0.29) is 8.76 Å². The number of fused-ring (bicyclic) bond motifs is 1. The van der Waals surface area contributed by atoms with Crippen molar-refractivity contribution in [3.8, 4) is 17.2 Å². The average Bonchev–Trinajstić information content (AvgIpc) is 3.30. The summed E-state index contributed by atoms with van der Waals surface area (Å²) in [7, 11) is 0. The summed E-state index contributed by atoms with van der Waals surface area (Å²) in [4.78, 5) is 25.0. The zero-order valence-corrected chi connectivity index (χ0v) is 14.2. The number of H-pyrrole nitrogens is 2. The second-order valence-corrected chi connectivity index (χ2v) is 5.95. The van der Waals surface area contributed by atoms with Crippen molar-refractivity contribution < 1.29 is 7.65 Å². The van der Waals surface area contributed by atoms with Crippen molar-refractivity contribution in [2.45, 2.75) is 26.2 Å². The summed E-state index contributed by atoms with van der Waals surface area (Å²) in [5.41, 5.74) is 3.35. The first-order valence-electron chi connectivity index (χ1n) is 8.51. The maximum Gasteiger partial charge on any atom is 0.270 e. The zero-order valence-electron chi connectivity index (χ0n) is 14.2. The van der Waals surface area contributed by atoms with Gasteiger partial charge in [0, 0.05) is 45.5 Å². The van der Waals surface area contributed by atoms with Crippen molar-refractivity contribution in [1.82, 2.24) is 19.9 Å². The Hall–Kier alpha value is -3.07. The minimum atomic E-state index is -0.0608. The quantitative estimate of drug-likeness (QED) is 0.676. The Morgan fingerprint density at radius 1 is 1.36 bits per heavy atom. The molecule has 2 N–H and O–H groups in total. The lowest BCUT2D eigenvalue weighted by Gasteiger charge is -2.20.